The van der Waals surface area contributed by atoms with Crippen molar-refractivity contribution in [2.75, 3.05) is 12.4 Å². The zero-order chi connectivity index (χ0) is 18.5. The zero-order valence-electron chi connectivity index (χ0n) is 14.6. The molecule has 6 nitrogen and oxygen atoms in total. The van der Waals surface area contributed by atoms with E-state index in [9.17, 15) is 9.59 Å². The summed E-state index contributed by atoms with van der Waals surface area (Å²) < 4.78 is 5.22. The number of rotatable bonds is 5. The third-order valence-corrected chi connectivity index (χ3v) is 5.79. The number of aliphatic imine (C=N–C) groups is 1. The lowest BCUT2D eigenvalue weighted by atomic mass is 9.96. The molecule has 1 aliphatic carbocycles. The molecule has 2 amide bonds. The molecule has 1 atom stereocenters. The lowest BCUT2D eigenvalue weighted by Crippen LogP contribution is -2.28. The number of carbonyl (C=O) groups is 2. The number of hydrogen-bond donors (Lipinski definition) is 2. The number of amides is 2. The molecule has 1 unspecified atom stereocenters. The number of nitrogens with one attached hydrogen (secondary N) is 2. The Labute approximate surface area is 162 Å². The minimum Gasteiger partial charge on any atom is -0.495 e. The largest absolute Gasteiger partial charge is 0.495 e. The van der Waals surface area contributed by atoms with Gasteiger partial charge in [0, 0.05) is 11.4 Å². The smallest absolute Gasteiger partial charge is 0.240 e. The summed E-state index contributed by atoms with van der Waals surface area (Å²) in [5.41, 5.74) is 0.490. The van der Waals surface area contributed by atoms with E-state index >= 15 is 0 Å². The van der Waals surface area contributed by atoms with E-state index in [0.29, 0.717) is 21.6 Å². The molecule has 1 heterocycles. The van der Waals surface area contributed by atoms with Gasteiger partial charge in [0.05, 0.1) is 18.8 Å². The van der Waals surface area contributed by atoms with E-state index in [1.165, 1.54) is 38.1 Å². The first kappa shape index (κ1) is 19.0. The molecule has 2 N–H and O–H groups in total. The van der Waals surface area contributed by atoms with Gasteiger partial charge in [0.25, 0.3) is 0 Å². The van der Waals surface area contributed by atoms with Crippen LogP contribution in [0.4, 0.5) is 5.69 Å². The minimum absolute atomic E-state index is 0.0653. The molecule has 26 heavy (non-hydrogen) atoms. The number of halogens is 1. The Morgan fingerprint density at radius 1 is 1.38 bits per heavy atom. The summed E-state index contributed by atoms with van der Waals surface area (Å²) in [5, 5.41) is 6.23. The maximum absolute atomic E-state index is 12.3. The second-order valence-electron chi connectivity index (χ2n) is 6.42. The molecule has 1 aliphatic heterocycles. The summed E-state index contributed by atoms with van der Waals surface area (Å²) in [6.07, 6.45) is 5.84. The van der Waals surface area contributed by atoms with E-state index in [1.54, 1.807) is 18.2 Å². The molecule has 2 fully saturated rings. The molecule has 0 radical (unpaired) electrons. The van der Waals surface area contributed by atoms with E-state index in [2.05, 4.69) is 15.6 Å². The highest BCUT2D eigenvalue weighted by Crippen LogP contribution is 2.29. The van der Waals surface area contributed by atoms with Gasteiger partial charge in [0.1, 0.15) is 11.0 Å². The van der Waals surface area contributed by atoms with Crippen molar-refractivity contribution >= 4 is 46.0 Å². The molecule has 3 rings (SSSR count). The number of benzene rings is 1. The summed E-state index contributed by atoms with van der Waals surface area (Å²) in [4.78, 5) is 29.1. The highest BCUT2D eigenvalue weighted by atomic mass is 35.5. The van der Waals surface area contributed by atoms with Gasteiger partial charge in [-0.2, -0.15) is 0 Å². The number of hydrogen-bond acceptors (Lipinski definition) is 5. The first-order valence-electron chi connectivity index (χ1n) is 8.74. The van der Waals surface area contributed by atoms with Crippen LogP contribution in [0, 0.1) is 0 Å². The molecule has 0 aromatic heterocycles. The maximum atomic E-state index is 12.3. The van der Waals surface area contributed by atoms with E-state index in [4.69, 9.17) is 16.3 Å². The second-order valence-corrected chi connectivity index (χ2v) is 8.05. The summed E-state index contributed by atoms with van der Waals surface area (Å²) in [5.74, 6) is 0.0840. The van der Waals surface area contributed by atoms with Crippen LogP contribution in [0.5, 0.6) is 5.75 Å². The topological polar surface area (TPSA) is 79.8 Å². The SMILES string of the molecule is COc1ccc(Cl)cc1NC(=O)CC1SC(=NC2CCCCC2)NC1=O. The predicted molar refractivity (Wildman–Crippen MR) is 105 cm³/mol. The second kappa shape index (κ2) is 8.77. The molecule has 0 bridgehead atoms. The Bertz CT molecular complexity index is 720. The predicted octanol–water partition coefficient (Wildman–Crippen LogP) is 3.60. The number of ether oxygens (including phenoxy) is 1. The first-order valence-corrected chi connectivity index (χ1v) is 9.99. The van der Waals surface area contributed by atoms with Crippen LogP contribution in [0.3, 0.4) is 0 Å². The molecule has 0 spiro atoms. The third kappa shape index (κ3) is 4.92. The van der Waals surface area contributed by atoms with Crippen molar-refractivity contribution in [2.24, 2.45) is 4.99 Å². The van der Waals surface area contributed by atoms with E-state index in [1.807, 2.05) is 0 Å². The molecule has 1 saturated carbocycles. The van der Waals surface area contributed by atoms with Crippen molar-refractivity contribution in [2.45, 2.75) is 49.8 Å². The van der Waals surface area contributed by atoms with Crippen molar-refractivity contribution in [3.05, 3.63) is 23.2 Å². The molecule has 1 saturated heterocycles. The number of anilines is 1. The van der Waals surface area contributed by atoms with E-state index < -0.39 is 5.25 Å². The third-order valence-electron chi connectivity index (χ3n) is 4.46. The van der Waals surface area contributed by atoms with Crippen molar-refractivity contribution in [1.29, 1.82) is 0 Å². The summed E-state index contributed by atoms with van der Waals surface area (Å²) in [6, 6.07) is 5.28. The Morgan fingerprint density at radius 3 is 2.88 bits per heavy atom. The Kier molecular flexibility index (Phi) is 6.43. The maximum Gasteiger partial charge on any atom is 0.240 e. The van der Waals surface area contributed by atoms with Gasteiger partial charge in [0.2, 0.25) is 11.8 Å². The minimum atomic E-state index is -0.470. The van der Waals surface area contributed by atoms with Gasteiger partial charge in [-0.05, 0) is 31.0 Å². The molecular weight excluding hydrogens is 374 g/mol. The van der Waals surface area contributed by atoms with Gasteiger partial charge < -0.3 is 15.4 Å². The monoisotopic (exact) mass is 395 g/mol. The van der Waals surface area contributed by atoms with Crippen molar-refractivity contribution in [1.82, 2.24) is 5.32 Å². The van der Waals surface area contributed by atoms with Crippen LogP contribution in [0.1, 0.15) is 38.5 Å². The van der Waals surface area contributed by atoms with Crippen LogP contribution in [0.15, 0.2) is 23.2 Å². The molecule has 1 aromatic rings. The average molecular weight is 396 g/mol. The summed E-state index contributed by atoms with van der Waals surface area (Å²) in [6.45, 7) is 0. The fraction of sp³-hybridized carbons (Fsp3) is 0.500. The quantitative estimate of drug-likeness (QED) is 0.798. The van der Waals surface area contributed by atoms with Crippen LogP contribution in [0.2, 0.25) is 5.02 Å². The van der Waals surface area contributed by atoms with Crippen molar-refractivity contribution in [3.63, 3.8) is 0 Å². The number of amidine groups is 1. The van der Waals surface area contributed by atoms with Gasteiger partial charge >= 0.3 is 0 Å². The molecule has 1 aromatic carbocycles. The normalized spacial score (nSPS) is 22.3. The van der Waals surface area contributed by atoms with Gasteiger partial charge in [-0.15, -0.1) is 0 Å². The lowest BCUT2D eigenvalue weighted by Gasteiger charge is -2.17. The molecule has 2 aliphatic rings. The lowest BCUT2D eigenvalue weighted by molar-refractivity contribution is -0.122. The summed E-state index contributed by atoms with van der Waals surface area (Å²) in [7, 11) is 1.52. The van der Waals surface area contributed by atoms with E-state index in [-0.39, 0.29) is 24.3 Å². The molecule has 8 heteroatoms. The number of thioether (sulfide) groups is 1. The Hall–Kier alpha value is -1.73. The number of nitrogens with zero attached hydrogens (tertiary/aromatic N) is 1. The van der Waals surface area contributed by atoms with Crippen LogP contribution >= 0.6 is 23.4 Å². The fourth-order valence-electron chi connectivity index (χ4n) is 3.12. The van der Waals surface area contributed by atoms with Crippen LogP contribution < -0.4 is 15.4 Å². The highest BCUT2D eigenvalue weighted by Gasteiger charge is 2.32. The van der Waals surface area contributed by atoms with Crippen LogP contribution in [-0.4, -0.2) is 35.4 Å². The average Bonchev–Trinajstić information content (AvgIpc) is 2.95. The molecular formula is C18H22ClN3O3S. The Morgan fingerprint density at radius 2 is 2.15 bits per heavy atom. The highest BCUT2D eigenvalue weighted by molar-refractivity contribution is 8.15. The van der Waals surface area contributed by atoms with Gasteiger partial charge in [-0.3, -0.25) is 14.6 Å². The molecule has 140 valence electrons. The number of carbonyl (C=O) groups excluding carboxylic acids is 2. The summed E-state index contributed by atoms with van der Waals surface area (Å²) >= 11 is 7.31. The van der Waals surface area contributed by atoms with Crippen molar-refractivity contribution < 1.29 is 14.3 Å². The van der Waals surface area contributed by atoms with Gasteiger partial charge in [0.15, 0.2) is 5.17 Å². The fourth-order valence-corrected chi connectivity index (χ4v) is 4.34. The first-order chi connectivity index (χ1) is 12.5. The van der Waals surface area contributed by atoms with Crippen LogP contribution in [-0.2, 0) is 9.59 Å². The zero-order valence-corrected chi connectivity index (χ0v) is 16.2. The van der Waals surface area contributed by atoms with Crippen LogP contribution in [0.25, 0.3) is 0 Å². The standard InChI is InChI=1S/C18H22ClN3O3S/c1-25-14-8-7-11(19)9-13(14)21-16(23)10-15-17(24)22-18(26-15)20-12-5-3-2-4-6-12/h7-9,12,15H,2-6,10H2,1H3,(H,21,23)(H,20,22,24). The van der Waals surface area contributed by atoms with E-state index in [0.717, 1.165) is 12.8 Å². The van der Waals surface area contributed by atoms with Crippen molar-refractivity contribution in [3.8, 4) is 5.75 Å². The van der Waals surface area contributed by atoms with Gasteiger partial charge in [-0.1, -0.05) is 42.6 Å². The number of methoxy groups -OCH3 is 1. The van der Waals surface area contributed by atoms with Gasteiger partial charge in [-0.25, -0.2) is 0 Å². The Balaban J connectivity index is 1.58.